The molecule has 1 saturated carbocycles. The quantitative estimate of drug-likeness (QED) is 0.675. The van der Waals surface area contributed by atoms with E-state index in [2.05, 4.69) is 4.99 Å². The van der Waals surface area contributed by atoms with Crippen molar-refractivity contribution in [2.45, 2.75) is 56.7 Å². The van der Waals surface area contributed by atoms with E-state index < -0.39 is 9.84 Å². The van der Waals surface area contributed by atoms with E-state index in [9.17, 15) is 18.0 Å². The van der Waals surface area contributed by atoms with Gasteiger partial charge < -0.3 is 4.90 Å². The van der Waals surface area contributed by atoms with Crippen molar-refractivity contribution in [1.82, 2.24) is 0 Å². The summed E-state index contributed by atoms with van der Waals surface area (Å²) in [5.74, 6) is 0.365. The van der Waals surface area contributed by atoms with E-state index in [0.717, 1.165) is 18.5 Å². The number of thioether (sulfide) groups is 1. The second-order valence-electron chi connectivity index (χ2n) is 8.27. The molecule has 2 saturated heterocycles. The van der Waals surface area contributed by atoms with Crippen LogP contribution < -0.4 is 4.90 Å². The van der Waals surface area contributed by atoms with Crippen LogP contribution in [0.5, 0.6) is 0 Å². The fourth-order valence-electron chi connectivity index (χ4n) is 4.53. The van der Waals surface area contributed by atoms with Crippen LogP contribution in [0.3, 0.4) is 0 Å². The van der Waals surface area contributed by atoms with Crippen LogP contribution >= 0.6 is 11.8 Å². The maximum Gasteiger partial charge on any atom is 0.248 e. The maximum atomic E-state index is 12.7. The molecule has 29 heavy (non-hydrogen) atoms. The topological polar surface area (TPSA) is 83.9 Å². The molecule has 3 fully saturated rings. The summed E-state index contributed by atoms with van der Waals surface area (Å²) in [6.07, 6.45) is 6.21. The first-order valence-electron chi connectivity index (χ1n) is 10.2. The predicted octanol–water partition coefficient (Wildman–Crippen LogP) is 3.46. The van der Waals surface area contributed by atoms with E-state index in [0.29, 0.717) is 23.1 Å². The minimum atomic E-state index is -3.12. The number of rotatable bonds is 4. The van der Waals surface area contributed by atoms with E-state index in [1.165, 1.54) is 37.9 Å². The van der Waals surface area contributed by atoms with Crippen LogP contribution in [0.1, 0.15) is 55.8 Å². The van der Waals surface area contributed by atoms with Crippen molar-refractivity contribution in [2.24, 2.45) is 10.9 Å². The molecule has 1 aromatic rings. The smallest absolute Gasteiger partial charge is 0.248 e. The molecule has 1 aromatic carbocycles. The number of nitrogens with zero attached hydrogens (tertiary/aromatic N) is 2. The number of fused-ring (bicyclic) bond motifs is 1. The number of ketones is 1. The molecule has 1 amide bonds. The zero-order valence-electron chi connectivity index (χ0n) is 16.5. The van der Waals surface area contributed by atoms with Gasteiger partial charge in [0, 0.05) is 22.9 Å². The van der Waals surface area contributed by atoms with Gasteiger partial charge in [-0.25, -0.2) is 8.42 Å². The third-order valence-electron chi connectivity index (χ3n) is 6.01. The zero-order valence-corrected chi connectivity index (χ0v) is 18.2. The molecule has 3 aliphatic rings. The molecule has 156 valence electrons. The average molecular weight is 435 g/mol. The second-order valence-corrected chi connectivity index (χ2v) is 11.6. The van der Waals surface area contributed by atoms with Crippen LogP contribution in [0.15, 0.2) is 29.3 Å². The Hall–Kier alpha value is -1.67. The molecular weight excluding hydrogens is 408 g/mol. The largest absolute Gasteiger partial charge is 0.316 e. The molecule has 0 unspecified atom stereocenters. The molecule has 2 heterocycles. The van der Waals surface area contributed by atoms with Crippen molar-refractivity contribution in [1.29, 1.82) is 0 Å². The number of sulfone groups is 1. The number of hydrogen-bond acceptors (Lipinski definition) is 5. The molecule has 0 spiro atoms. The van der Waals surface area contributed by atoms with Crippen molar-refractivity contribution < 1.29 is 18.0 Å². The van der Waals surface area contributed by atoms with Gasteiger partial charge in [0.05, 0.1) is 17.5 Å². The number of hydrogen-bond donors (Lipinski definition) is 0. The highest BCUT2D eigenvalue weighted by molar-refractivity contribution is 8.16. The summed E-state index contributed by atoms with van der Waals surface area (Å²) >= 11 is 1.38. The van der Waals surface area contributed by atoms with Gasteiger partial charge in [-0.05, 0) is 37.8 Å². The Labute approximate surface area is 176 Å². The monoisotopic (exact) mass is 434 g/mol. The average Bonchev–Trinajstić information content (AvgIpc) is 3.13. The van der Waals surface area contributed by atoms with E-state index in [4.69, 9.17) is 0 Å². The van der Waals surface area contributed by atoms with E-state index in [1.807, 2.05) is 11.0 Å². The van der Waals surface area contributed by atoms with Gasteiger partial charge in [-0.2, -0.15) is 4.99 Å². The lowest BCUT2D eigenvalue weighted by atomic mass is 9.87. The summed E-state index contributed by atoms with van der Waals surface area (Å²) < 4.78 is 24.4. The highest BCUT2D eigenvalue weighted by Crippen LogP contribution is 2.41. The fourth-order valence-corrected chi connectivity index (χ4v) is 8.46. The van der Waals surface area contributed by atoms with Gasteiger partial charge >= 0.3 is 0 Å². The first kappa shape index (κ1) is 20.6. The molecule has 0 bridgehead atoms. The SMILES string of the molecule is CC(=O)c1cccc(N2C(=NC(=O)CC3CCCCC3)S[C@H]3CS(=O)(=O)C[C@@H]32)c1. The lowest BCUT2D eigenvalue weighted by Crippen LogP contribution is -2.37. The van der Waals surface area contributed by atoms with Crippen LogP contribution in [0.25, 0.3) is 0 Å². The number of amides is 1. The Bertz CT molecular complexity index is 951. The van der Waals surface area contributed by atoms with Gasteiger partial charge in [0.25, 0.3) is 0 Å². The number of benzene rings is 1. The van der Waals surface area contributed by atoms with Crippen LogP contribution in [0, 0.1) is 5.92 Å². The Kier molecular flexibility index (Phi) is 5.84. The first-order valence-corrected chi connectivity index (χ1v) is 12.9. The Morgan fingerprint density at radius 3 is 2.66 bits per heavy atom. The molecule has 1 aliphatic carbocycles. The van der Waals surface area contributed by atoms with Crippen molar-refractivity contribution in [3.8, 4) is 0 Å². The van der Waals surface area contributed by atoms with E-state index in [1.54, 1.807) is 18.2 Å². The molecule has 0 aromatic heterocycles. The number of aliphatic imine (C=N–C) groups is 1. The number of amidine groups is 1. The first-order chi connectivity index (χ1) is 13.8. The fraction of sp³-hybridized carbons (Fsp3) is 0.571. The molecule has 0 radical (unpaired) electrons. The molecule has 4 rings (SSSR count). The lowest BCUT2D eigenvalue weighted by molar-refractivity contribution is -0.118. The van der Waals surface area contributed by atoms with Crippen LogP contribution in [-0.2, 0) is 14.6 Å². The Balaban J connectivity index is 1.62. The molecule has 6 nitrogen and oxygen atoms in total. The van der Waals surface area contributed by atoms with Crippen molar-refractivity contribution in [3.63, 3.8) is 0 Å². The Morgan fingerprint density at radius 2 is 1.93 bits per heavy atom. The minimum absolute atomic E-state index is 0.0464. The van der Waals surface area contributed by atoms with Gasteiger partial charge in [0.1, 0.15) is 0 Å². The van der Waals surface area contributed by atoms with Crippen LogP contribution in [-0.4, -0.2) is 48.1 Å². The summed E-state index contributed by atoms with van der Waals surface area (Å²) in [5.41, 5.74) is 1.28. The Morgan fingerprint density at radius 1 is 1.17 bits per heavy atom. The van der Waals surface area contributed by atoms with E-state index in [-0.39, 0.29) is 34.5 Å². The third kappa shape index (κ3) is 4.58. The van der Waals surface area contributed by atoms with Gasteiger partial charge in [-0.1, -0.05) is 43.2 Å². The van der Waals surface area contributed by atoms with E-state index >= 15 is 0 Å². The van der Waals surface area contributed by atoms with Crippen LogP contribution in [0.2, 0.25) is 0 Å². The van der Waals surface area contributed by atoms with Gasteiger partial charge in [0.15, 0.2) is 20.8 Å². The van der Waals surface area contributed by atoms with Gasteiger partial charge in [0.2, 0.25) is 5.91 Å². The number of anilines is 1. The van der Waals surface area contributed by atoms with Gasteiger partial charge in [-0.15, -0.1) is 0 Å². The summed E-state index contributed by atoms with van der Waals surface area (Å²) in [4.78, 5) is 30.8. The van der Waals surface area contributed by atoms with Crippen molar-refractivity contribution in [3.05, 3.63) is 29.8 Å². The highest BCUT2D eigenvalue weighted by Gasteiger charge is 2.49. The van der Waals surface area contributed by atoms with Crippen molar-refractivity contribution >= 4 is 44.1 Å². The third-order valence-corrected chi connectivity index (χ3v) is 9.22. The molecule has 2 atom stereocenters. The summed E-state index contributed by atoms with van der Waals surface area (Å²) in [6.45, 7) is 1.50. The number of carbonyl (C=O) groups excluding carboxylic acids is 2. The summed E-state index contributed by atoms with van der Waals surface area (Å²) in [7, 11) is -3.12. The normalized spacial score (nSPS) is 27.9. The standard InChI is InChI=1S/C21H26N2O4S2/c1-14(24)16-8-5-9-17(11-16)23-18-12-29(26,27)13-19(18)28-21(23)22-20(25)10-15-6-3-2-4-7-15/h5,8-9,11,15,18-19H,2-4,6-7,10,12-13H2,1H3/t18-,19-/m0/s1. The highest BCUT2D eigenvalue weighted by atomic mass is 32.2. The lowest BCUT2D eigenvalue weighted by Gasteiger charge is -2.25. The summed E-state index contributed by atoms with van der Waals surface area (Å²) in [6, 6.07) is 6.88. The molecular formula is C21H26N2O4S2. The molecule has 2 aliphatic heterocycles. The number of Topliss-reactive ketones (excluding diaryl/α,β-unsaturated/α-hetero) is 1. The van der Waals surface area contributed by atoms with Gasteiger partial charge in [-0.3, -0.25) is 9.59 Å². The predicted molar refractivity (Wildman–Crippen MR) is 116 cm³/mol. The van der Waals surface area contributed by atoms with Crippen LogP contribution in [0.4, 0.5) is 5.69 Å². The molecule has 0 N–H and O–H groups in total. The minimum Gasteiger partial charge on any atom is -0.316 e. The second kappa shape index (κ2) is 8.22. The zero-order chi connectivity index (χ0) is 20.6. The summed E-state index contributed by atoms with van der Waals surface area (Å²) in [5, 5.41) is 0.429. The number of carbonyl (C=O) groups is 2. The molecule has 8 heteroatoms. The van der Waals surface area contributed by atoms with Crippen molar-refractivity contribution in [2.75, 3.05) is 16.4 Å². The maximum absolute atomic E-state index is 12.7.